The number of aliphatic hydroxyl groups is 3. The van der Waals surface area contributed by atoms with Crippen LogP contribution in [0.2, 0.25) is 0 Å². The third kappa shape index (κ3) is 1.68. The summed E-state index contributed by atoms with van der Waals surface area (Å²) in [5, 5.41) is 33.3. The van der Waals surface area contributed by atoms with Crippen molar-refractivity contribution in [3.63, 3.8) is 0 Å². The van der Waals surface area contributed by atoms with Crippen LogP contribution in [0, 0.1) is 39.9 Å². The van der Waals surface area contributed by atoms with Crippen LogP contribution in [0.25, 0.3) is 0 Å². The Morgan fingerprint density at radius 2 is 1.71 bits per heavy atom. The van der Waals surface area contributed by atoms with Crippen molar-refractivity contribution in [2.45, 2.75) is 78.1 Å². The highest BCUT2D eigenvalue weighted by Gasteiger charge is 2.76. The number of fused-ring (bicyclic) bond motifs is 3. The summed E-state index contributed by atoms with van der Waals surface area (Å²) in [6.07, 6.45) is 1.95. The second-order valence-corrected chi connectivity index (χ2v) is 10.1. The summed E-state index contributed by atoms with van der Waals surface area (Å²) in [5.74, 6) is -0.549. The zero-order valence-electron chi connectivity index (χ0n) is 15.3. The van der Waals surface area contributed by atoms with Crippen molar-refractivity contribution in [2.24, 2.45) is 39.9 Å². The maximum Gasteiger partial charge on any atom is 0.147 e. The van der Waals surface area contributed by atoms with E-state index in [9.17, 15) is 20.1 Å². The van der Waals surface area contributed by atoms with Gasteiger partial charge >= 0.3 is 0 Å². The lowest BCUT2D eigenvalue weighted by molar-refractivity contribution is -0.251. The van der Waals surface area contributed by atoms with Crippen molar-refractivity contribution in [1.29, 1.82) is 0 Å². The van der Waals surface area contributed by atoms with Crippen molar-refractivity contribution in [1.82, 2.24) is 0 Å². The minimum absolute atomic E-state index is 0.00268. The van der Waals surface area contributed by atoms with Gasteiger partial charge in [-0.15, -0.1) is 0 Å². The van der Waals surface area contributed by atoms with Crippen molar-refractivity contribution >= 4 is 5.78 Å². The fraction of sp³-hybridized carbons (Fsp3) is 0.950. The van der Waals surface area contributed by atoms with E-state index >= 15 is 0 Å². The van der Waals surface area contributed by atoms with Crippen molar-refractivity contribution in [3.8, 4) is 0 Å². The fourth-order valence-corrected chi connectivity index (χ4v) is 7.86. The second kappa shape index (κ2) is 4.83. The van der Waals surface area contributed by atoms with Gasteiger partial charge in [-0.25, -0.2) is 0 Å². The third-order valence-electron chi connectivity index (χ3n) is 8.79. The number of Topliss-reactive ketones (excluding diaryl/α,β-unsaturated/α-hetero) is 1. The molecule has 0 saturated heterocycles. The minimum atomic E-state index is -1.15. The molecule has 2 bridgehead atoms. The van der Waals surface area contributed by atoms with Crippen LogP contribution in [0.15, 0.2) is 0 Å². The quantitative estimate of drug-likeness (QED) is 0.633. The molecule has 9 unspecified atom stereocenters. The largest absolute Gasteiger partial charge is 0.393 e. The highest BCUT2D eigenvalue weighted by atomic mass is 16.3. The highest BCUT2D eigenvalue weighted by Crippen LogP contribution is 2.71. The molecule has 4 rings (SSSR count). The molecule has 136 valence electrons. The van der Waals surface area contributed by atoms with Crippen molar-refractivity contribution in [3.05, 3.63) is 0 Å². The first-order valence-electron chi connectivity index (χ1n) is 9.67. The Hall–Kier alpha value is -0.450. The van der Waals surface area contributed by atoms with Crippen LogP contribution < -0.4 is 0 Å². The van der Waals surface area contributed by atoms with Crippen LogP contribution in [0.1, 0.15) is 59.8 Å². The van der Waals surface area contributed by atoms with Gasteiger partial charge in [0.1, 0.15) is 5.78 Å². The average molecular weight is 336 g/mol. The molecule has 0 heterocycles. The van der Waals surface area contributed by atoms with Gasteiger partial charge in [0.05, 0.1) is 23.7 Å². The molecule has 4 aliphatic rings. The monoisotopic (exact) mass is 336 g/mol. The van der Waals surface area contributed by atoms with E-state index in [1.807, 2.05) is 6.92 Å². The van der Waals surface area contributed by atoms with Gasteiger partial charge in [-0.1, -0.05) is 34.1 Å². The van der Waals surface area contributed by atoms with Gasteiger partial charge in [-0.05, 0) is 48.3 Å². The van der Waals surface area contributed by atoms with E-state index in [0.29, 0.717) is 12.8 Å². The lowest BCUT2D eigenvalue weighted by atomic mass is 9.39. The highest BCUT2D eigenvalue weighted by molar-refractivity contribution is 5.92. The van der Waals surface area contributed by atoms with E-state index in [2.05, 4.69) is 20.8 Å². The Labute approximate surface area is 144 Å². The molecule has 4 saturated carbocycles. The summed E-state index contributed by atoms with van der Waals surface area (Å²) in [7, 11) is 0. The van der Waals surface area contributed by atoms with Crippen molar-refractivity contribution in [2.75, 3.05) is 0 Å². The molecule has 0 radical (unpaired) electrons. The van der Waals surface area contributed by atoms with Gasteiger partial charge in [0.2, 0.25) is 0 Å². The van der Waals surface area contributed by atoms with Crippen LogP contribution in [0.5, 0.6) is 0 Å². The van der Waals surface area contributed by atoms with Crippen molar-refractivity contribution < 1.29 is 20.1 Å². The lowest BCUT2D eigenvalue weighted by Crippen LogP contribution is -2.70. The van der Waals surface area contributed by atoms with E-state index in [4.69, 9.17) is 0 Å². The predicted molar refractivity (Wildman–Crippen MR) is 90.1 cm³/mol. The molecule has 0 aromatic carbocycles. The normalized spacial score (nSPS) is 59.0. The maximum absolute atomic E-state index is 13.3. The summed E-state index contributed by atoms with van der Waals surface area (Å²) in [5.41, 5.74) is -1.27. The Balaban J connectivity index is 1.90. The number of ketones is 1. The molecule has 4 nitrogen and oxygen atoms in total. The van der Waals surface area contributed by atoms with Crippen LogP contribution in [-0.2, 0) is 4.79 Å². The summed E-state index contributed by atoms with van der Waals surface area (Å²) >= 11 is 0. The first-order chi connectivity index (χ1) is 11.1. The molecule has 0 aromatic heterocycles. The Morgan fingerprint density at radius 3 is 2.38 bits per heavy atom. The Morgan fingerprint density at radius 1 is 1.04 bits per heavy atom. The van der Waals surface area contributed by atoms with Gasteiger partial charge in [-0.3, -0.25) is 4.79 Å². The SMILES string of the molecule is CC1C(=O)C23C(O)CC4C(C)(C)CCCC4(C)C2C(O)CC1C3O. The average Bonchev–Trinajstić information content (AvgIpc) is 2.61. The molecule has 3 N–H and O–H groups in total. The molecule has 0 aliphatic heterocycles. The van der Waals surface area contributed by atoms with Crippen LogP contribution in [-0.4, -0.2) is 39.4 Å². The predicted octanol–water partition coefficient (Wildman–Crippen LogP) is 2.15. The number of rotatable bonds is 0. The fourth-order valence-electron chi connectivity index (χ4n) is 7.86. The Bertz CT molecular complexity index is 572. The van der Waals surface area contributed by atoms with E-state index in [1.54, 1.807) is 0 Å². The van der Waals surface area contributed by atoms with E-state index in [1.165, 1.54) is 0 Å². The van der Waals surface area contributed by atoms with Crippen LogP contribution in [0.3, 0.4) is 0 Å². The van der Waals surface area contributed by atoms with E-state index in [0.717, 1.165) is 19.3 Å². The first kappa shape index (κ1) is 17.0. The van der Waals surface area contributed by atoms with Gasteiger partial charge in [0, 0.05) is 11.8 Å². The summed E-state index contributed by atoms with van der Waals surface area (Å²) < 4.78 is 0. The minimum Gasteiger partial charge on any atom is -0.393 e. The molecular weight excluding hydrogens is 304 g/mol. The molecule has 9 atom stereocenters. The van der Waals surface area contributed by atoms with Gasteiger partial charge in [0.15, 0.2) is 0 Å². The van der Waals surface area contributed by atoms with Gasteiger partial charge < -0.3 is 15.3 Å². The zero-order chi connectivity index (χ0) is 17.7. The molecule has 4 aliphatic carbocycles. The number of hydrogen-bond acceptors (Lipinski definition) is 4. The van der Waals surface area contributed by atoms with E-state index in [-0.39, 0.29) is 40.3 Å². The lowest BCUT2D eigenvalue weighted by Gasteiger charge is -2.66. The maximum atomic E-state index is 13.3. The topological polar surface area (TPSA) is 77.8 Å². The summed E-state index contributed by atoms with van der Waals surface area (Å²) in [6, 6.07) is 0. The molecule has 0 amide bonds. The zero-order valence-corrected chi connectivity index (χ0v) is 15.3. The van der Waals surface area contributed by atoms with Crippen LogP contribution in [0.4, 0.5) is 0 Å². The molecule has 4 heteroatoms. The molecule has 1 spiro atoms. The Kier molecular flexibility index (Phi) is 3.42. The molecule has 4 fully saturated rings. The number of hydrogen-bond donors (Lipinski definition) is 3. The molecule has 24 heavy (non-hydrogen) atoms. The van der Waals surface area contributed by atoms with E-state index < -0.39 is 23.7 Å². The number of aliphatic hydroxyl groups excluding tert-OH is 3. The van der Waals surface area contributed by atoms with Gasteiger partial charge in [-0.2, -0.15) is 0 Å². The standard InChI is InChI=1S/C20H32O4/c1-10-11-8-12(21)15-19(4)7-5-6-18(2,3)13(19)9-14(22)20(15,16(10)23)17(11)24/h10-15,17,21-22,24H,5-9H2,1-4H3. The first-order valence-corrected chi connectivity index (χ1v) is 9.67. The number of carbonyl (C=O) groups excluding carboxylic acids is 1. The van der Waals surface area contributed by atoms with Gasteiger partial charge in [0.25, 0.3) is 0 Å². The second-order valence-electron chi connectivity index (χ2n) is 10.1. The summed E-state index contributed by atoms with van der Waals surface area (Å²) in [6.45, 7) is 8.59. The number of carbonyl (C=O) groups is 1. The molecular formula is C20H32O4. The smallest absolute Gasteiger partial charge is 0.147 e. The third-order valence-corrected chi connectivity index (χ3v) is 8.79. The molecule has 0 aromatic rings. The van der Waals surface area contributed by atoms with Crippen LogP contribution >= 0.6 is 0 Å². The summed E-state index contributed by atoms with van der Waals surface area (Å²) in [4.78, 5) is 13.3.